The Morgan fingerprint density at radius 2 is 1.85 bits per heavy atom. The lowest BCUT2D eigenvalue weighted by atomic mass is 9.98. The highest BCUT2D eigenvalue weighted by molar-refractivity contribution is 7.89. The van der Waals surface area contributed by atoms with Gasteiger partial charge in [0.2, 0.25) is 10.0 Å². The van der Waals surface area contributed by atoms with Gasteiger partial charge >= 0.3 is 6.18 Å². The first kappa shape index (κ1) is 19.1. The average molecular weight is 386 g/mol. The second kappa shape index (κ2) is 7.17. The Labute approximate surface area is 151 Å². The fourth-order valence-electron chi connectivity index (χ4n) is 3.32. The molecule has 2 aromatic rings. The molecule has 1 aliphatic rings. The summed E-state index contributed by atoms with van der Waals surface area (Å²) in [6.45, 7) is 0.243. The highest BCUT2D eigenvalue weighted by Gasteiger charge is 2.42. The van der Waals surface area contributed by atoms with Crippen LogP contribution >= 0.6 is 0 Å². The number of alkyl halides is 3. The Balaban J connectivity index is 1.76. The Morgan fingerprint density at radius 3 is 2.54 bits per heavy atom. The van der Waals surface area contributed by atoms with E-state index in [1.54, 1.807) is 17.0 Å². The molecule has 0 radical (unpaired) electrons. The Morgan fingerprint density at radius 1 is 1.15 bits per heavy atom. The van der Waals surface area contributed by atoms with Crippen LogP contribution in [0.25, 0.3) is 10.8 Å². The van der Waals surface area contributed by atoms with Crippen molar-refractivity contribution in [2.24, 2.45) is 5.92 Å². The molecule has 4 nitrogen and oxygen atoms in total. The number of likely N-dealkylation sites (tertiary alicyclic amines) is 1. The minimum atomic E-state index is -4.24. The molecule has 1 aliphatic heterocycles. The number of fused-ring (bicyclic) bond motifs is 1. The summed E-state index contributed by atoms with van der Waals surface area (Å²) in [5, 5.41) is 1.73. The first-order valence-corrected chi connectivity index (χ1v) is 9.86. The number of hydrogen-bond donors (Lipinski definition) is 0. The number of rotatable bonds is 4. The van der Waals surface area contributed by atoms with Crippen LogP contribution in [0, 0.1) is 5.92 Å². The van der Waals surface area contributed by atoms with Crippen LogP contribution in [-0.4, -0.2) is 50.6 Å². The zero-order valence-electron chi connectivity index (χ0n) is 14.4. The number of hydrogen-bond acceptors (Lipinski definition) is 3. The van der Waals surface area contributed by atoms with Crippen LogP contribution in [0.2, 0.25) is 0 Å². The first-order valence-electron chi connectivity index (χ1n) is 8.42. The molecule has 0 N–H and O–H groups in total. The van der Waals surface area contributed by atoms with Gasteiger partial charge < -0.3 is 0 Å². The molecule has 142 valence electrons. The molecule has 0 saturated carbocycles. The summed E-state index contributed by atoms with van der Waals surface area (Å²) in [6, 6.07) is 12.3. The van der Waals surface area contributed by atoms with E-state index in [0.717, 1.165) is 15.1 Å². The van der Waals surface area contributed by atoms with Gasteiger partial charge in [0.05, 0.1) is 17.5 Å². The molecule has 0 amide bonds. The minimum absolute atomic E-state index is 0.0538. The van der Waals surface area contributed by atoms with Crippen LogP contribution in [0.5, 0.6) is 0 Å². The predicted molar refractivity (Wildman–Crippen MR) is 94.1 cm³/mol. The van der Waals surface area contributed by atoms with Crippen molar-refractivity contribution in [3.05, 3.63) is 42.5 Å². The van der Waals surface area contributed by atoms with E-state index in [1.165, 1.54) is 13.1 Å². The maximum atomic E-state index is 12.9. The third kappa shape index (κ3) is 4.02. The summed E-state index contributed by atoms with van der Waals surface area (Å²) in [4.78, 5) is 1.70. The second-order valence-corrected chi connectivity index (χ2v) is 8.76. The largest absolute Gasteiger partial charge is 0.393 e. The van der Waals surface area contributed by atoms with Crippen molar-refractivity contribution in [1.82, 2.24) is 9.21 Å². The molecule has 2 aromatic carbocycles. The molecule has 1 saturated heterocycles. The topological polar surface area (TPSA) is 40.6 Å². The van der Waals surface area contributed by atoms with Crippen molar-refractivity contribution in [2.75, 3.05) is 26.8 Å². The molecule has 0 spiro atoms. The molecule has 0 bridgehead atoms. The molecule has 0 unspecified atom stereocenters. The van der Waals surface area contributed by atoms with Crippen molar-refractivity contribution in [3.63, 3.8) is 0 Å². The Hall–Kier alpha value is -1.64. The third-order valence-corrected chi connectivity index (χ3v) is 6.58. The minimum Gasteiger partial charge on any atom is -0.289 e. The van der Waals surface area contributed by atoms with Crippen molar-refractivity contribution < 1.29 is 21.6 Å². The van der Waals surface area contributed by atoms with Gasteiger partial charge in [0, 0.05) is 13.6 Å². The van der Waals surface area contributed by atoms with Crippen LogP contribution in [0.4, 0.5) is 13.2 Å². The van der Waals surface area contributed by atoms with Gasteiger partial charge in [-0.15, -0.1) is 0 Å². The predicted octanol–water partition coefficient (Wildman–Crippen LogP) is 3.69. The maximum absolute atomic E-state index is 12.9. The molecule has 1 atom stereocenters. The molecule has 0 aliphatic carbocycles. The maximum Gasteiger partial charge on any atom is 0.393 e. The number of nitrogens with zero attached hydrogens (tertiary/aromatic N) is 2. The summed E-state index contributed by atoms with van der Waals surface area (Å²) in [7, 11) is -2.37. The fourth-order valence-corrected chi connectivity index (χ4v) is 4.51. The van der Waals surface area contributed by atoms with E-state index in [0.29, 0.717) is 13.0 Å². The normalized spacial score (nSPS) is 20.0. The smallest absolute Gasteiger partial charge is 0.289 e. The van der Waals surface area contributed by atoms with Gasteiger partial charge in [-0.2, -0.15) is 17.5 Å². The summed E-state index contributed by atoms with van der Waals surface area (Å²) in [6.07, 6.45) is -3.73. The molecular formula is C18H21F3N2O2S. The summed E-state index contributed by atoms with van der Waals surface area (Å²) < 4.78 is 65.6. The molecule has 0 aromatic heterocycles. The van der Waals surface area contributed by atoms with Crippen LogP contribution in [-0.2, 0) is 10.0 Å². The van der Waals surface area contributed by atoms with Gasteiger partial charge in [-0.1, -0.05) is 30.3 Å². The van der Waals surface area contributed by atoms with Crippen molar-refractivity contribution >= 4 is 20.8 Å². The van der Waals surface area contributed by atoms with E-state index in [9.17, 15) is 21.6 Å². The molecule has 8 heteroatoms. The Bertz CT molecular complexity index is 883. The van der Waals surface area contributed by atoms with Gasteiger partial charge in [0.1, 0.15) is 0 Å². The van der Waals surface area contributed by atoms with Gasteiger partial charge in [-0.3, -0.25) is 4.90 Å². The van der Waals surface area contributed by atoms with Crippen LogP contribution in [0.15, 0.2) is 47.4 Å². The SMILES string of the molecule is CN(CN1CCC[C@H](C(F)(F)F)C1)S(=O)(=O)c1ccc2ccccc2c1. The van der Waals surface area contributed by atoms with Crippen molar-refractivity contribution in [2.45, 2.75) is 23.9 Å². The monoisotopic (exact) mass is 386 g/mol. The Kier molecular flexibility index (Phi) is 5.28. The lowest BCUT2D eigenvalue weighted by Crippen LogP contribution is -2.47. The first-order chi connectivity index (χ1) is 12.2. The van der Waals surface area contributed by atoms with Gasteiger partial charge in [0.25, 0.3) is 0 Å². The van der Waals surface area contributed by atoms with Crippen molar-refractivity contribution in [1.29, 1.82) is 0 Å². The number of benzene rings is 2. The highest BCUT2D eigenvalue weighted by atomic mass is 32.2. The molecule has 26 heavy (non-hydrogen) atoms. The lowest BCUT2D eigenvalue weighted by molar-refractivity contribution is -0.187. The third-order valence-electron chi connectivity index (χ3n) is 4.80. The molecule has 1 fully saturated rings. The summed E-state index contributed by atoms with van der Waals surface area (Å²) in [5.41, 5.74) is 0. The zero-order chi connectivity index (χ0) is 18.9. The van der Waals surface area contributed by atoms with Gasteiger partial charge in [-0.25, -0.2) is 8.42 Å². The standard InChI is InChI=1S/C18H21F3N2O2S/c1-22(13-23-10-4-7-16(12-23)18(19,20)21)26(24,25)17-9-8-14-5-2-3-6-15(14)11-17/h2-3,5-6,8-9,11,16H,4,7,10,12-13H2,1H3/t16-/m0/s1. The van der Waals surface area contributed by atoms with E-state index in [2.05, 4.69) is 0 Å². The van der Waals surface area contributed by atoms with Crippen LogP contribution in [0.1, 0.15) is 12.8 Å². The summed E-state index contributed by atoms with van der Waals surface area (Å²) in [5.74, 6) is -1.40. The van der Waals surface area contributed by atoms with Gasteiger partial charge in [-0.05, 0) is 42.3 Å². The van der Waals surface area contributed by atoms with Crippen LogP contribution in [0.3, 0.4) is 0 Å². The number of piperidine rings is 1. The van der Waals surface area contributed by atoms with E-state index in [-0.39, 0.29) is 24.5 Å². The average Bonchev–Trinajstić information content (AvgIpc) is 2.60. The molecule has 1 heterocycles. The van der Waals surface area contributed by atoms with E-state index < -0.39 is 22.1 Å². The van der Waals surface area contributed by atoms with E-state index >= 15 is 0 Å². The van der Waals surface area contributed by atoms with Crippen LogP contribution < -0.4 is 0 Å². The lowest BCUT2D eigenvalue weighted by Gasteiger charge is -2.35. The zero-order valence-corrected chi connectivity index (χ0v) is 15.2. The van der Waals surface area contributed by atoms with Crippen molar-refractivity contribution in [3.8, 4) is 0 Å². The molecular weight excluding hydrogens is 365 g/mol. The quantitative estimate of drug-likeness (QED) is 0.805. The van der Waals surface area contributed by atoms with Gasteiger partial charge in [0.15, 0.2) is 0 Å². The van der Waals surface area contributed by atoms with E-state index in [1.807, 2.05) is 24.3 Å². The summed E-state index contributed by atoms with van der Waals surface area (Å²) >= 11 is 0. The second-order valence-electron chi connectivity index (χ2n) is 6.71. The van der Waals surface area contributed by atoms with E-state index in [4.69, 9.17) is 0 Å². The highest BCUT2D eigenvalue weighted by Crippen LogP contribution is 2.33. The fraction of sp³-hybridized carbons (Fsp3) is 0.444. The molecule has 3 rings (SSSR count). The number of sulfonamides is 1. The number of halogens is 3.